The number of hydrogen-bond donors (Lipinski definition) is 0. The molecule has 1 aliphatic rings. The Hall–Kier alpha value is -2.69. The monoisotopic (exact) mass is 383 g/mol. The molecule has 5 heteroatoms. The molecule has 1 heterocycles. The van der Waals surface area contributed by atoms with Gasteiger partial charge in [0.25, 0.3) is 5.91 Å². The molecule has 0 radical (unpaired) electrons. The summed E-state index contributed by atoms with van der Waals surface area (Å²) in [6, 6.07) is 12.0. The third-order valence-corrected chi connectivity index (χ3v) is 4.92. The van der Waals surface area contributed by atoms with Crippen molar-refractivity contribution in [1.29, 1.82) is 0 Å². The van der Waals surface area contributed by atoms with Crippen LogP contribution in [0, 0.1) is 0 Å². The molecule has 0 saturated carbocycles. The van der Waals surface area contributed by atoms with E-state index >= 15 is 0 Å². The van der Waals surface area contributed by atoms with E-state index in [1.807, 2.05) is 49.1 Å². The fourth-order valence-corrected chi connectivity index (χ4v) is 3.37. The number of fused-ring (bicyclic) bond motifs is 1. The zero-order chi connectivity index (χ0) is 19.9. The van der Waals surface area contributed by atoms with Gasteiger partial charge in [-0.2, -0.15) is 0 Å². The number of hydrogen-bond acceptors (Lipinski definition) is 4. The predicted octanol–water partition coefficient (Wildman–Crippen LogP) is 4.01. The highest BCUT2D eigenvalue weighted by molar-refractivity contribution is 5.78. The number of carbonyl (C=O) groups is 1. The molecule has 0 fully saturated rings. The molecule has 3 rings (SSSR count). The van der Waals surface area contributed by atoms with Crippen molar-refractivity contribution >= 4 is 5.91 Å². The van der Waals surface area contributed by atoms with Gasteiger partial charge in [0.15, 0.2) is 18.1 Å². The number of aryl methyl sites for hydroxylation is 1. The fraction of sp³-hybridized carbons (Fsp3) is 0.435. The maximum atomic E-state index is 12.6. The van der Waals surface area contributed by atoms with E-state index in [4.69, 9.17) is 14.2 Å². The minimum atomic E-state index is -0.00272. The summed E-state index contributed by atoms with van der Waals surface area (Å²) in [7, 11) is 0. The van der Waals surface area contributed by atoms with Crippen LogP contribution in [-0.4, -0.2) is 37.2 Å². The number of amides is 1. The van der Waals surface area contributed by atoms with Gasteiger partial charge < -0.3 is 19.1 Å². The van der Waals surface area contributed by atoms with E-state index in [0.29, 0.717) is 26.3 Å². The minimum absolute atomic E-state index is 0.00272. The maximum absolute atomic E-state index is 12.6. The van der Waals surface area contributed by atoms with Gasteiger partial charge in [-0.1, -0.05) is 19.1 Å². The standard InChI is InChI=1S/C23H29NO4/c1-4-17-7-9-20(10-8-17)28-16-23(25)24-12-11-18-13-21(26-5-2)22(27-6-3)14-19(18)15-24/h7-10,13-14H,4-6,11-12,15-16H2,1-3H3. The van der Waals surface area contributed by atoms with Gasteiger partial charge in [0, 0.05) is 13.1 Å². The minimum Gasteiger partial charge on any atom is -0.490 e. The average molecular weight is 383 g/mol. The molecule has 0 saturated heterocycles. The molecule has 5 nitrogen and oxygen atoms in total. The van der Waals surface area contributed by atoms with Crippen molar-refractivity contribution in [1.82, 2.24) is 4.90 Å². The highest BCUT2D eigenvalue weighted by Gasteiger charge is 2.23. The first-order chi connectivity index (χ1) is 13.6. The Bertz CT molecular complexity index is 801. The van der Waals surface area contributed by atoms with Crippen LogP contribution < -0.4 is 14.2 Å². The number of benzene rings is 2. The van der Waals surface area contributed by atoms with E-state index in [9.17, 15) is 4.79 Å². The van der Waals surface area contributed by atoms with Crippen LogP contribution in [0.2, 0.25) is 0 Å². The van der Waals surface area contributed by atoms with E-state index < -0.39 is 0 Å². The second-order valence-corrected chi connectivity index (χ2v) is 6.79. The average Bonchev–Trinajstić information content (AvgIpc) is 2.73. The van der Waals surface area contributed by atoms with Gasteiger partial charge in [-0.3, -0.25) is 4.79 Å². The Balaban J connectivity index is 1.64. The molecular formula is C23H29NO4. The van der Waals surface area contributed by atoms with Crippen LogP contribution in [0.15, 0.2) is 36.4 Å². The molecule has 2 aromatic carbocycles. The molecule has 150 valence electrons. The summed E-state index contributed by atoms with van der Waals surface area (Å²) < 4.78 is 17.1. The summed E-state index contributed by atoms with van der Waals surface area (Å²) in [5.41, 5.74) is 3.58. The van der Waals surface area contributed by atoms with Gasteiger partial charge in [-0.15, -0.1) is 0 Å². The summed E-state index contributed by atoms with van der Waals surface area (Å²) in [6.07, 6.45) is 1.79. The molecule has 2 aromatic rings. The predicted molar refractivity (Wildman–Crippen MR) is 109 cm³/mol. The van der Waals surface area contributed by atoms with E-state index in [0.717, 1.165) is 35.7 Å². The third kappa shape index (κ3) is 4.77. The van der Waals surface area contributed by atoms with Gasteiger partial charge in [-0.25, -0.2) is 0 Å². The molecule has 28 heavy (non-hydrogen) atoms. The molecule has 0 N–H and O–H groups in total. The molecule has 0 bridgehead atoms. The highest BCUT2D eigenvalue weighted by atomic mass is 16.5. The number of carbonyl (C=O) groups excluding carboxylic acids is 1. The quantitative estimate of drug-likeness (QED) is 0.691. The van der Waals surface area contributed by atoms with Gasteiger partial charge in [-0.05, 0) is 67.6 Å². The molecule has 1 amide bonds. The molecule has 0 aromatic heterocycles. The first-order valence-corrected chi connectivity index (χ1v) is 10.1. The molecule has 0 spiro atoms. The van der Waals surface area contributed by atoms with Crippen LogP contribution in [0.25, 0.3) is 0 Å². The normalized spacial score (nSPS) is 13.0. The van der Waals surface area contributed by atoms with Crippen molar-refractivity contribution in [3.63, 3.8) is 0 Å². The summed E-state index contributed by atoms with van der Waals surface area (Å²) in [4.78, 5) is 14.5. The molecule has 0 aliphatic carbocycles. The first-order valence-electron chi connectivity index (χ1n) is 10.1. The molecule has 0 unspecified atom stereocenters. The summed E-state index contributed by atoms with van der Waals surface area (Å²) in [5, 5.41) is 0. The zero-order valence-electron chi connectivity index (χ0n) is 17.0. The Kier molecular flexibility index (Phi) is 6.80. The van der Waals surface area contributed by atoms with E-state index in [1.165, 1.54) is 11.1 Å². The van der Waals surface area contributed by atoms with Crippen LogP contribution >= 0.6 is 0 Å². The Morgan fingerprint density at radius 2 is 1.57 bits per heavy atom. The summed E-state index contributed by atoms with van der Waals surface area (Å²) >= 11 is 0. The summed E-state index contributed by atoms with van der Waals surface area (Å²) in [6.45, 7) is 8.51. The molecule has 1 aliphatic heterocycles. The Labute approximate surface area is 167 Å². The lowest BCUT2D eigenvalue weighted by Gasteiger charge is -2.29. The number of ether oxygens (including phenoxy) is 3. The van der Waals surface area contributed by atoms with Gasteiger partial charge in [0.05, 0.1) is 13.2 Å². The first kappa shape index (κ1) is 20.1. The SMILES string of the molecule is CCOc1cc2c(cc1OCC)CN(C(=O)COc1ccc(CC)cc1)CC2. The van der Waals surface area contributed by atoms with E-state index in [1.54, 1.807) is 0 Å². The number of rotatable bonds is 8. The van der Waals surface area contributed by atoms with Gasteiger partial charge >= 0.3 is 0 Å². The van der Waals surface area contributed by atoms with Gasteiger partial charge in [0.2, 0.25) is 0 Å². The maximum Gasteiger partial charge on any atom is 0.260 e. The van der Waals surface area contributed by atoms with Crippen LogP contribution in [0.5, 0.6) is 17.2 Å². The Morgan fingerprint density at radius 1 is 0.929 bits per heavy atom. The van der Waals surface area contributed by atoms with E-state index in [-0.39, 0.29) is 12.5 Å². The smallest absolute Gasteiger partial charge is 0.260 e. The zero-order valence-corrected chi connectivity index (χ0v) is 17.0. The third-order valence-electron chi connectivity index (χ3n) is 4.92. The van der Waals surface area contributed by atoms with Crippen molar-refractivity contribution in [3.8, 4) is 17.2 Å². The van der Waals surface area contributed by atoms with Crippen molar-refractivity contribution in [3.05, 3.63) is 53.1 Å². The van der Waals surface area contributed by atoms with Crippen molar-refractivity contribution in [2.45, 2.75) is 40.2 Å². The lowest BCUT2D eigenvalue weighted by atomic mass is 9.98. The number of nitrogens with zero attached hydrogens (tertiary/aromatic N) is 1. The van der Waals surface area contributed by atoms with Crippen molar-refractivity contribution in [2.24, 2.45) is 0 Å². The lowest BCUT2D eigenvalue weighted by molar-refractivity contribution is -0.134. The largest absolute Gasteiger partial charge is 0.490 e. The Morgan fingerprint density at radius 3 is 2.18 bits per heavy atom. The van der Waals surface area contributed by atoms with Crippen molar-refractivity contribution < 1.29 is 19.0 Å². The van der Waals surface area contributed by atoms with Crippen LogP contribution in [-0.2, 0) is 24.2 Å². The van der Waals surface area contributed by atoms with Crippen LogP contribution in [0.3, 0.4) is 0 Å². The molecular weight excluding hydrogens is 354 g/mol. The van der Waals surface area contributed by atoms with Crippen molar-refractivity contribution in [2.75, 3.05) is 26.4 Å². The van der Waals surface area contributed by atoms with E-state index in [2.05, 4.69) is 13.0 Å². The van der Waals surface area contributed by atoms with Crippen LogP contribution in [0.1, 0.15) is 37.5 Å². The second-order valence-electron chi connectivity index (χ2n) is 6.79. The highest BCUT2D eigenvalue weighted by Crippen LogP contribution is 2.34. The fourth-order valence-electron chi connectivity index (χ4n) is 3.37. The van der Waals surface area contributed by atoms with Gasteiger partial charge in [0.1, 0.15) is 5.75 Å². The molecule has 0 atom stereocenters. The lowest BCUT2D eigenvalue weighted by Crippen LogP contribution is -2.38. The topological polar surface area (TPSA) is 48.0 Å². The summed E-state index contributed by atoms with van der Waals surface area (Å²) in [5.74, 6) is 2.24. The van der Waals surface area contributed by atoms with Crippen LogP contribution in [0.4, 0.5) is 0 Å². The second kappa shape index (κ2) is 9.49.